The topological polar surface area (TPSA) is 84.2 Å². The highest BCUT2D eigenvalue weighted by Gasteiger charge is 2.18. The van der Waals surface area contributed by atoms with Crippen molar-refractivity contribution in [1.82, 2.24) is 19.6 Å². The number of nitrogens with zero attached hydrogens (tertiary/aromatic N) is 4. The first-order chi connectivity index (χ1) is 17.4. The molecule has 0 bridgehead atoms. The van der Waals surface area contributed by atoms with Crippen molar-refractivity contribution < 1.29 is 9.18 Å². The summed E-state index contributed by atoms with van der Waals surface area (Å²) in [7, 11) is 0. The van der Waals surface area contributed by atoms with E-state index in [1.54, 1.807) is 23.6 Å². The molecule has 0 aliphatic carbocycles. The maximum Gasteiger partial charge on any atom is 0.323 e. The van der Waals surface area contributed by atoms with Crippen LogP contribution >= 0.6 is 11.8 Å². The van der Waals surface area contributed by atoms with Crippen LogP contribution in [0.1, 0.15) is 16.8 Å². The summed E-state index contributed by atoms with van der Waals surface area (Å²) in [4.78, 5) is 22.8. The standard InChI is InChI=1S/C27H23FN6OS/c1-16-13-14-20(15-21(16)28)30-27(35)31-22-11-7-8-12-23(22)36-25-17(2)18(3)29-26-32-24(33-34(25)26)19-9-5-4-6-10-19/h4-15H,1-3H3,(H2,30,31,35). The average Bonchev–Trinajstić information content (AvgIpc) is 3.29. The minimum absolute atomic E-state index is 0.374. The smallest absolute Gasteiger partial charge is 0.308 e. The zero-order valence-electron chi connectivity index (χ0n) is 19.9. The zero-order chi connectivity index (χ0) is 25.2. The second-order valence-corrected chi connectivity index (χ2v) is 9.31. The molecule has 2 N–H and O–H groups in total. The predicted octanol–water partition coefficient (Wildman–Crippen LogP) is 6.65. The van der Waals surface area contributed by atoms with E-state index < -0.39 is 6.03 Å². The molecule has 0 saturated heterocycles. The monoisotopic (exact) mass is 498 g/mol. The molecular formula is C27H23FN6OS. The molecule has 9 heteroatoms. The van der Waals surface area contributed by atoms with Crippen LogP contribution in [0.3, 0.4) is 0 Å². The zero-order valence-corrected chi connectivity index (χ0v) is 20.7. The molecule has 7 nitrogen and oxygen atoms in total. The minimum Gasteiger partial charge on any atom is -0.308 e. The van der Waals surface area contributed by atoms with Crippen molar-refractivity contribution in [2.24, 2.45) is 0 Å². The maximum absolute atomic E-state index is 13.9. The lowest BCUT2D eigenvalue weighted by Crippen LogP contribution is -2.20. The van der Waals surface area contributed by atoms with Crippen molar-refractivity contribution in [1.29, 1.82) is 0 Å². The molecule has 2 heterocycles. The molecule has 2 aromatic heterocycles. The van der Waals surface area contributed by atoms with Crippen LogP contribution in [0.25, 0.3) is 17.2 Å². The van der Waals surface area contributed by atoms with E-state index in [1.807, 2.05) is 68.4 Å². The third-order valence-corrected chi connectivity index (χ3v) is 6.97. The Kier molecular flexibility index (Phi) is 6.39. The second-order valence-electron chi connectivity index (χ2n) is 8.28. The molecule has 5 rings (SSSR count). The summed E-state index contributed by atoms with van der Waals surface area (Å²) in [6.07, 6.45) is 0. The van der Waals surface area contributed by atoms with Crippen LogP contribution in [0.5, 0.6) is 0 Å². The van der Waals surface area contributed by atoms with Crippen molar-refractivity contribution in [3.05, 3.63) is 95.4 Å². The largest absolute Gasteiger partial charge is 0.323 e. The quantitative estimate of drug-likeness (QED) is 0.265. The van der Waals surface area contributed by atoms with Gasteiger partial charge < -0.3 is 10.6 Å². The number of aryl methyl sites for hydroxylation is 2. The lowest BCUT2D eigenvalue weighted by Gasteiger charge is -2.14. The number of benzene rings is 3. The van der Waals surface area contributed by atoms with E-state index in [-0.39, 0.29) is 5.82 Å². The molecule has 5 aromatic rings. The second kappa shape index (κ2) is 9.79. The Balaban J connectivity index is 1.45. The Labute approximate surface area is 211 Å². The fourth-order valence-corrected chi connectivity index (χ4v) is 4.70. The number of hydrogen-bond acceptors (Lipinski definition) is 5. The summed E-state index contributed by atoms with van der Waals surface area (Å²) >= 11 is 1.46. The number of anilines is 2. The number of para-hydroxylation sites is 1. The predicted molar refractivity (Wildman–Crippen MR) is 140 cm³/mol. The highest BCUT2D eigenvalue weighted by molar-refractivity contribution is 7.99. The first-order valence-electron chi connectivity index (χ1n) is 11.3. The highest BCUT2D eigenvalue weighted by Crippen LogP contribution is 2.36. The molecule has 0 atom stereocenters. The van der Waals surface area contributed by atoms with Crippen LogP contribution in [-0.2, 0) is 0 Å². The van der Waals surface area contributed by atoms with Gasteiger partial charge in [0.25, 0.3) is 5.78 Å². The van der Waals surface area contributed by atoms with Gasteiger partial charge in [-0.2, -0.15) is 9.50 Å². The average molecular weight is 499 g/mol. The van der Waals surface area contributed by atoms with Gasteiger partial charge >= 0.3 is 6.03 Å². The third kappa shape index (κ3) is 4.78. The van der Waals surface area contributed by atoms with E-state index in [2.05, 4.69) is 20.6 Å². The Morgan fingerprint density at radius 2 is 1.67 bits per heavy atom. The summed E-state index contributed by atoms with van der Waals surface area (Å²) in [5.41, 5.74) is 4.21. The number of carbonyl (C=O) groups is 1. The molecule has 3 aromatic carbocycles. The van der Waals surface area contributed by atoms with Gasteiger partial charge in [0.15, 0.2) is 5.82 Å². The van der Waals surface area contributed by atoms with Gasteiger partial charge in [-0.05, 0) is 50.6 Å². The molecule has 0 aliphatic heterocycles. The van der Waals surface area contributed by atoms with Crippen LogP contribution in [0.2, 0.25) is 0 Å². The van der Waals surface area contributed by atoms with Crippen LogP contribution < -0.4 is 10.6 Å². The minimum atomic E-state index is -0.466. The Hall–Kier alpha value is -4.24. The van der Waals surface area contributed by atoms with Gasteiger partial charge in [-0.1, -0.05) is 60.3 Å². The molecule has 2 amide bonds. The summed E-state index contributed by atoms with van der Waals surface area (Å²) in [6, 6.07) is 21.3. The molecule has 0 saturated carbocycles. The first kappa shape index (κ1) is 23.5. The normalized spacial score (nSPS) is 11.0. The number of rotatable bonds is 5. The van der Waals surface area contributed by atoms with Gasteiger partial charge in [0.05, 0.1) is 5.69 Å². The molecule has 0 spiro atoms. The van der Waals surface area contributed by atoms with Crippen molar-refractivity contribution in [3.8, 4) is 11.4 Å². The number of fused-ring (bicyclic) bond motifs is 1. The van der Waals surface area contributed by atoms with Gasteiger partial charge in [-0.15, -0.1) is 5.10 Å². The van der Waals surface area contributed by atoms with Crippen molar-refractivity contribution >= 4 is 34.9 Å². The first-order valence-corrected chi connectivity index (χ1v) is 12.1. The Morgan fingerprint density at radius 1 is 0.917 bits per heavy atom. The SMILES string of the molecule is Cc1ccc(NC(=O)Nc2ccccc2Sc2c(C)c(C)nc3nc(-c4ccccc4)nn23)cc1F. The van der Waals surface area contributed by atoms with Crippen LogP contribution in [0.4, 0.5) is 20.6 Å². The van der Waals surface area contributed by atoms with Crippen LogP contribution in [-0.4, -0.2) is 25.6 Å². The fourth-order valence-electron chi connectivity index (χ4n) is 3.61. The molecular weight excluding hydrogens is 475 g/mol. The van der Waals surface area contributed by atoms with E-state index in [9.17, 15) is 9.18 Å². The van der Waals surface area contributed by atoms with Gasteiger partial charge in [-0.25, -0.2) is 14.2 Å². The third-order valence-electron chi connectivity index (χ3n) is 5.72. The van der Waals surface area contributed by atoms with E-state index in [0.717, 1.165) is 26.7 Å². The summed E-state index contributed by atoms with van der Waals surface area (Å²) in [6.45, 7) is 5.60. The van der Waals surface area contributed by atoms with E-state index in [0.29, 0.717) is 28.5 Å². The van der Waals surface area contributed by atoms with Gasteiger partial charge in [-0.3, -0.25) is 0 Å². The number of halogens is 1. The molecule has 0 unspecified atom stereocenters. The molecule has 0 aliphatic rings. The summed E-state index contributed by atoms with van der Waals surface area (Å²) in [5.74, 6) is 0.717. The molecule has 180 valence electrons. The maximum atomic E-state index is 13.9. The van der Waals surface area contributed by atoms with E-state index in [4.69, 9.17) is 5.10 Å². The summed E-state index contributed by atoms with van der Waals surface area (Å²) in [5, 5.41) is 11.1. The number of amides is 2. The summed E-state index contributed by atoms with van der Waals surface area (Å²) < 4.78 is 15.6. The molecule has 36 heavy (non-hydrogen) atoms. The fraction of sp³-hybridized carbons (Fsp3) is 0.111. The van der Waals surface area contributed by atoms with E-state index >= 15 is 0 Å². The van der Waals surface area contributed by atoms with Gasteiger partial charge in [0.1, 0.15) is 10.8 Å². The lowest BCUT2D eigenvalue weighted by molar-refractivity contribution is 0.262. The number of hydrogen-bond donors (Lipinski definition) is 2. The number of carbonyl (C=O) groups excluding carboxylic acids is 1. The molecule has 0 fully saturated rings. The Morgan fingerprint density at radius 3 is 2.44 bits per heavy atom. The van der Waals surface area contributed by atoms with Crippen molar-refractivity contribution in [2.75, 3.05) is 10.6 Å². The van der Waals surface area contributed by atoms with E-state index in [1.165, 1.54) is 17.8 Å². The number of urea groups is 1. The Bertz CT molecular complexity index is 1580. The van der Waals surface area contributed by atoms with Crippen molar-refractivity contribution in [3.63, 3.8) is 0 Å². The lowest BCUT2D eigenvalue weighted by atomic mass is 10.2. The number of nitrogens with one attached hydrogen (secondary N) is 2. The van der Waals surface area contributed by atoms with Crippen LogP contribution in [0, 0.1) is 26.6 Å². The highest BCUT2D eigenvalue weighted by atomic mass is 32.2. The van der Waals surface area contributed by atoms with Gasteiger partial charge in [0.2, 0.25) is 0 Å². The van der Waals surface area contributed by atoms with Gasteiger partial charge in [0, 0.05) is 27.4 Å². The molecule has 0 radical (unpaired) electrons. The number of aromatic nitrogens is 4. The van der Waals surface area contributed by atoms with Crippen LogP contribution in [0.15, 0.2) is 82.7 Å². The van der Waals surface area contributed by atoms with Crippen molar-refractivity contribution in [2.45, 2.75) is 30.7 Å².